The normalized spacial score (nSPS) is 11.2. The summed E-state index contributed by atoms with van der Waals surface area (Å²) in [4.78, 5) is 52.8. The molecule has 0 fully saturated rings. The third-order valence-electron chi connectivity index (χ3n) is 6.50. The molecule has 1 unspecified atom stereocenters. The molecule has 3 amide bonds. The number of hydrogen-bond acceptors (Lipinski definition) is 11. The summed E-state index contributed by atoms with van der Waals surface area (Å²) in [6.07, 6.45) is 3.39. The minimum absolute atomic E-state index is 0.0547. The summed E-state index contributed by atoms with van der Waals surface area (Å²) in [6.45, 7) is 6.19. The number of anilines is 4. The first-order valence-electron chi connectivity index (χ1n) is 15.5. The molecule has 5 N–H and O–H groups in total. The lowest BCUT2D eigenvalue weighted by Crippen LogP contribution is -2.29. The van der Waals surface area contributed by atoms with Gasteiger partial charge in [0.05, 0.1) is 48.7 Å². The number of nitrogens with zero attached hydrogens (tertiary/aromatic N) is 3. The number of hydrogen-bond donors (Lipinski definition) is 5. The largest absolute Gasteiger partial charge is 0.379 e. The van der Waals surface area contributed by atoms with E-state index in [0.29, 0.717) is 96.9 Å². The molecule has 0 saturated carbocycles. The lowest BCUT2D eigenvalue weighted by Gasteiger charge is -2.10. The lowest BCUT2D eigenvalue weighted by molar-refractivity contribution is -0.122. The standard InChI is InChI=1S/C32H39BrCl2N8O5S/c1-21-5-3-7-24(35)30(21)43-31(46)25-20-39-32(49-25)42-27-19-26(40-22(2)41-27)36-12-13-37-29(45)10-15-47-17-18-48-16-14-38-28(44)8-4-6-23(34)9-11-33/h3,5,7,19-20,23H,4,6,8,10,12-18H2,1-2H3,(H,37,45)(H,38,44)(H,43,46)(H2,36,39,40,41,42). The van der Waals surface area contributed by atoms with Crippen LogP contribution in [-0.4, -0.2) is 84.1 Å². The Morgan fingerprint density at radius 3 is 2.49 bits per heavy atom. The van der Waals surface area contributed by atoms with Crippen LogP contribution in [0.2, 0.25) is 5.02 Å². The van der Waals surface area contributed by atoms with E-state index in [0.717, 1.165) is 5.56 Å². The van der Waals surface area contributed by atoms with E-state index in [1.54, 1.807) is 19.1 Å². The Labute approximate surface area is 308 Å². The van der Waals surface area contributed by atoms with Crippen molar-refractivity contribution < 1.29 is 23.9 Å². The Morgan fingerprint density at radius 2 is 1.71 bits per heavy atom. The van der Waals surface area contributed by atoms with E-state index in [9.17, 15) is 14.4 Å². The SMILES string of the molecule is Cc1nc(NCCNC(=O)CCOCCOCCNC(=O)CCCC(Cl)C#CBr)cc(Nc2ncc(C(=O)Nc3c(C)cccc3Cl)s2)n1. The van der Waals surface area contributed by atoms with Crippen LogP contribution in [0.5, 0.6) is 0 Å². The molecule has 0 aliphatic carbocycles. The maximum Gasteiger partial charge on any atom is 0.267 e. The van der Waals surface area contributed by atoms with Gasteiger partial charge in [0, 0.05) is 54.5 Å². The molecule has 1 atom stereocenters. The number of aromatic nitrogens is 3. The summed E-state index contributed by atoms with van der Waals surface area (Å²) in [6, 6.07) is 7.12. The number of nitrogens with one attached hydrogen (secondary N) is 5. The second kappa shape index (κ2) is 22.2. The summed E-state index contributed by atoms with van der Waals surface area (Å²) in [5.41, 5.74) is 1.42. The summed E-state index contributed by atoms with van der Waals surface area (Å²) in [5, 5.41) is 15.4. The molecule has 2 aromatic heterocycles. The number of aryl methyl sites for hydroxylation is 2. The lowest BCUT2D eigenvalue weighted by atomic mass is 10.2. The second-order valence-electron chi connectivity index (χ2n) is 10.4. The van der Waals surface area contributed by atoms with Gasteiger partial charge in [-0.05, 0) is 43.1 Å². The van der Waals surface area contributed by atoms with Crippen LogP contribution in [0.15, 0.2) is 30.5 Å². The molecule has 49 heavy (non-hydrogen) atoms. The Hall–Kier alpha value is -3.52. The predicted octanol–water partition coefficient (Wildman–Crippen LogP) is 5.40. The van der Waals surface area contributed by atoms with Crippen molar-refractivity contribution >= 4 is 90.6 Å². The predicted molar refractivity (Wildman–Crippen MR) is 197 cm³/mol. The molecule has 0 aliphatic rings. The van der Waals surface area contributed by atoms with Crippen LogP contribution in [0, 0.1) is 24.6 Å². The fourth-order valence-corrected chi connectivity index (χ4v) is 5.73. The molecule has 0 radical (unpaired) electrons. The van der Waals surface area contributed by atoms with E-state index in [2.05, 4.69) is 68.2 Å². The molecule has 3 aromatic rings. The molecule has 0 aliphatic heterocycles. The molecule has 3 rings (SSSR count). The number of rotatable bonds is 21. The number of carbonyl (C=O) groups is 3. The van der Waals surface area contributed by atoms with E-state index < -0.39 is 0 Å². The van der Waals surface area contributed by atoms with Crippen LogP contribution in [0.4, 0.5) is 22.5 Å². The molecular formula is C32H39BrCl2N8O5S. The van der Waals surface area contributed by atoms with E-state index in [1.807, 2.05) is 19.1 Å². The van der Waals surface area contributed by atoms with Crippen molar-refractivity contribution in [1.29, 1.82) is 0 Å². The zero-order valence-corrected chi connectivity index (χ0v) is 31.1. The van der Waals surface area contributed by atoms with Crippen molar-refractivity contribution in [2.45, 2.75) is 44.9 Å². The topological polar surface area (TPSA) is 168 Å². The Bertz CT molecular complexity index is 1580. The molecule has 1 aromatic carbocycles. The third-order valence-corrected chi connectivity index (χ3v) is 8.29. The first kappa shape index (κ1) is 39.9. The average Bonchev–Trinajstić information content (AvgIpc) is 3.52. The number of para-hydroxylation sites is 1. The van der Waals surface area contributed by atoms with Gasteiger partial charge < -0.3 is 36.1 Å². The Kier molecular flexibility index (Phi) is 18.1. The van der Waals surface area contributed by atoms with Crippen molar-refractivity contribution in [3.8, 4) is 10.8 Å². The summed E-state index contributed by atoms with van der Waals surface area (Å²) >= 11 is 16.4. The summed E-state index contributed by atoms with van der Waals surface area (Å²) in [7, 11) is 0. The highest BCUT2D eigenvalue weighted by Crippen LogP contribution is 2.28. The maximum absolute atomic E-state index is 12.8. The first-order chi connectivity index (χ1) is 23.6. The molecule has 0 spiro atoms. The van der Waals surface area contributed by atoms with Gasteiger partial charge >= 0.3 is 0 Å². The first-order valence-corrected chi connectivity index (χ1v) is 17.9. The highest BCUT2D eigenvalue weighted by atomic mass is 79.9. The molecule has 2 heterocycles. The molecular weight excluding hydrogens is 759 g/mol. The molecule has 264 valence electrons. The van der Waals surface area contributed by atoms with Crippen LogP contribution in [0.3, 0.4) is 0 Å². The molecule has 0 bridgehead atoms. The van der Waals surface area contributed by atoms with Gasteiger partial charge in [-0.15, -0.1) is 11.6 Å². The maximum atomic E-state index is 12.8. The highest BCUT2D eigenvalue weighted by molar-refractivity contribution is 9.12. The zero-order chi connectivity index (χ0) is 35.4. The highest BCUT2D eigenvalue weighted by Gasteiger charge is 2.15. The number of alkyl halides is 1. The van der Waals surface area contributed by atoms with Gasteiger partial charge in [0.15, 0.2) is 5.13 Å². The molecule has 0 saturated heterocycles. The third kappa shape index (κ3) is 15.7. The van der Waals surface area contributed by atoms with Crippen LogP contribution >= 0.6 is 50.5 Å². The van der Waals surface area contributed by atoms with E-state index in [-0.39, 0.29) is 36.1 Å². The van der Waals surface area contributed by atoms with Crippen LogP contribution in [0.1, 0.15) is 46.7 Å². The number of carbonyl (C=O) groups excluding carboxylic acids is 3. The van der Waals surface area contributed by atoms with Gasteiger partial charge in [0.2, 0.25) is 11.8 Å². The summed E-state index contributed by atoms with van der Waals surface area (Å²) in [5.74, 6) is 3.85. The van der Waals surface area contributed by atoms with Gasteiger partial charge in [-0.1, -0.05) is 41.0 Å². The van der Waals surface area contributed by atoms with Gasteiger partial charge in [-0.25, -0.2) is 15.0 Å². The number of amides is 3. The van der Waals surface area contributed by atoms with Crippen molar-refractivity contribution in [2.75, 3.05) is 62.0 Å². The number of ether oxygens (including phenoxy) is 2. The van der Waals surface area contributed by atoms with Crippen LogP contribution in [-0.2, 0) is 19.1 Å². The number of benzene rings is 1. The van der Waals surface area contributed by atoms with E-state index >= 15 is 0 Å². The van der Waals surface area contributed by atoms with Gasteiger partial charge in [0.25, 0.3) is 5.91 Å². The minimum atomic E-state index is -0.314. The fourth-order valence-electron chi connectivity index (χ4n) is 4.13. The van der Waals surface area contributed by atoms with Crippen molar-refractivity contribution in [3.05, 3.63) is 51.7 Å². The average molecular weight is 799 g/mol. The Morgan fingerprint density at radius 1 is 0.980 bits per heavy atom. The Balaban J connectivity index is 1.25. The van der Waals surface area contributed by atoms with Gasteiger partial charge in [-0.2, -0.15) is 0 Å². The van der Waals surface area contributed by atoms with Crippen molar-refractivity contribution in [1.82, 2.24) is 25.6 Å². The second-order valence-corrected chi connectivity index (χ2v) is 12.8. The smallest absolute Gasteiger partial charge is 0.267 e. The zero-order valence-electron chi connectivity index (χ0n) is 27.2. The number of halogens is 3. The molecule has 17 heteroatoms. The van der Waals surface area contributed by atoms with Crippen molar-refractivity contribution in [2.24, 2.45) is 0 Å². The van der Waals surface area contributed by atoms with E-state index in [1.165, 1.54) is 17.5 Å². The molecule has 13 nitrogen and oxygen atoms in total. The van der Waals surface area contributed by atoms with Gasteiger partial charge in [-0.3, -0.25) is 14.4 Å². The minimum Gasteiger partial charge on any atom is -0.379 e. The quantitative estimate of drug-likeness (QED) is 0.0535. The van der Waals surface area contributed by atoms with Gasteiger partial charge in [0.1, 0.15) is 22.3 Å². The monoisotopic (exact) mass is 796 g/mol. The van der Waals surface area contributed by atoms with Crippen LogP contribution in [0.25, 0.3) is 0 Å². The summed E-state index contributed by atoms with van der Waals surface area (Å²) < 4.78 is 10.9. The van der Waals surface area contributed by atoms with Crippen molar-refractivity contribution in [3.63, 3.8) is 0 Å². The van der Waals surface area contributed by atoms with E-state index in [4.69, 9.17) is 32.7 Å². The van der Waals surface area contributed by atoms with Crippen LogP contribution < -0.4 is 26.6 Å². The fraction of sp³-hybridized carbons (Fsp3) is 0.438. The number of thiazole rings is 1.